The number of aliphatic carboxylic acids is 3. The Bertz CT molecular complexity index is 6580. The molecule has 0 heterocycles. The number of ether oxygens (including phenoxy) is 14. The molecule has 28 nitrogen and oxygen atoms in total. The largest absolute Gasteiger partial charge is 0.502 e. The standard InChI is InChI=1S/C30H31NO5.C29H26O7.C22H22O6.C13H14O3.C11H12O5.C8H11N/c1-19-24(13-21-14-27(35-4)30(33)28(15-21)36-5)23-12-11-22(34-3)16-26(23)25(19)17-29(32)31(2)18-20-9-7-6-8-10-20;1-17-22(21-11-10-20(33-2)15-24(21)23(17)16-27(30)31)12-18-13-25(34-3)28(26(14-18)35-4)36-29(32)19-8-6-5-7-9-19;1-12-16(7-13-8-19(27-3)22(25)20(9-13)28-4)15-6-5-14(26-2)10-18(15)17(12)11-21(23)24;1-8-5-9-3-4-10(16-2)6-12(9)11(8)7-13(14)15;1-7(13)16-11-9(14-2)4-8(6-12)5-10(11)15-3;1-9-7-8-5-3-2-4-6-8/h6-16,33H,17-18H2,1-5H3;5-15H,16H2,1-4H3,(H,30,31);5-10,25H,11H2,1-4H3,(H,23,24);3-4,6H,5,7H2,1-2H3,(H,14,15);4-6H,1-3H3;2-6,9H,7H2,1H3/b24-13-;22-12-;16-7-;;;. The Balaban J connectivity index is 0.000000183. The summed E-state index contributed by atoms with van der Waals surface area (Å²) in [6.07, 6.45) is 7.57. The average Bonchev–Trinajstić information content (AvgIpc) is 1.63. The van der Waals surface area contributed by atoms with E-state index in [1.807, 2.05) is 187 Å². The molecule has 734 valence electrons. The van der Waals surface area contributed by atoms with Crippen LogP contribution in [-0.4, -0.2) is 172 Å². The Morgan fingerprint density at radius 1 is 0.362 bits per heavy atom. The second-order valence-corrected chi connectivity index (χ2v) is 32.3. The maximum atomic E-state index is 13.3. The Labute approximate surface area is 819 Å². The molecule has 1 amide bonds. The molecule has 0 spiro atoms. The topological polar surface area (TPSA) is 365 Å². The van der Waals surface area contributed by atoms with Crippen molar-refractivity contribution >= 4 is 99.3 Å². The van der Waals surface area contributed by atoms with Crippen molar-refractivity contribution < 1.29 is 125 Å². The van der Waals surface area contributed by atoms with Crippen LogP contribution < -0.4 is 71.6 Å². The molecule has 0 atom stereocenters. The van der Waals surface area contributed by atoms with Crippen LogP contribution >= 0.6 is 0 Å². The van der Waals surface area contributed by atoms with Gasteiger partial charge >= 0.3 is 29.8 Å². The zero-order chi connectivity index (χ0) is 102. The number of methoxy groups -OCH3 is 12. The quantitative estimate of drug-likeness (QED) is 0.0133. The Kier molecular flexibility index (Phi) is 38.0. The maximum Gasteiger partial charge on any atom is 0.343 e. The molecular formula is C113H116N2O26. The predicted molar refractivity (Wildman–Crippen MR) is 543 cm³/mol. The molecule has 28 heteroatoms. The summed E-state index contributed by atoms with van der Waals surface area (Å²) in [5.74, 6) is 1.94. The molecule has 0 bridgehead atoms. The number of phenolic OH excluding ortho intramolecular Hbond substituents is 2. The number of carbonyl (C=O) groups excluding carboxylic acids is 4. The van der Waals surface area contributed by atoms with Crippen LogP contribution in [0.1, 0.15) is 153 Å². The van der Waals surface area contributed by atoms with Crippen molar-refractivity contribution in [3.63, 3.8) is 0 Å². The monoisotopic (exact) mass is 1920 g/mol. The van der Waals surface area contributed by atoms with Gasteiger partial charge in [0, 0.05) is 32.6 Å². The fourth-order valence-corrected chi connectivity index (χ4v) is 16.3. The van der Waals surface area contributed by atoms with Crippen molar-refractivity contribution in [1.29, 1.82) is 0 Å². The molecule has 6 N–H and O–H groups in total. The summed E-state index contributed by atoms with van der Waals surface area (Å²) in [5.41, 5.74) is 23.3. The number of esters is 2. The molecule has 0 radical (unpaired) electrons. The summed E-state index contributed by atoms with van der Waals surface area (Å²) in [4.78, 5) is 83.0. The minimum absolute atomic E-state index is 0.0381. The first kappa shape index (κ1) is 106. The van der Waals surface area contributed by atoms with Crippen LogP contribution in [0.15, 0.2) is 235 Å². The number of allylic oxidation sites excluding steroid dienone is 7. The fourth-order valence-electron chi connectivity index (χ4n) is 16.3. The lowest BCUT2D eigenvalue weighted by Gasteiger charge is -2.18. The molecule has 0 aromatic heterocycles. The van der Waals surface area contributed by atoms with Crippen molar-refractivity contribution in [3.8, 4) is 92.0 Å². The van der Waals surface area contributed by atoms with E-state index in [9.17, 15) is 54.0 Å². The minimum Gasteiger partial charge on any atom is -0.502 e. The number of fused-ring (bicyclic) bond motifs is 4. The summed E-state index contributed by atoms with van der Waals surface area (Å²) in [5, 5.41) is 51.2. The number of nitrogens with zero attached hydrogens (tertiary/aromatic N) is 1. The number of carboxylic acid groups (broad SMARTS) is 3. The number of amides is 1. The van der Waals surface area contributed by atoms with Gasteiger partial charge in [-0.2, -0.15) is 0 Å². The number of aldehydes is 1. The van der Waals surface area contributed by atoms with Crippen LogP contribution in [0.3, 0.4) is 0 Å². The highest BCUT2D eigenvalue weighted by atomic mass is 16.6. The normalized spacial score (nSPS) is 12.9. The number of aromatic hydroxyl groups is 2. The molecule has 0 unspecified atom stereocenters. The zero-order valence-corrected chi connectivity index (χ0v) is 82.2. The lowest BCUT2D eigenvalue weighted by molar-refractivity contribution is -0.136. The van der Waals surface area contributed by atoms with Gasteiger partial charge in [0.15, 0.2) is 46.0 Å². The fraction of sp³-hybridized carbons (Fsp3) is 0.230. The SMILES string of the molecule is CNCc1ccccc1.COc1cc(C=O)cc(OC)c1OC(C)=O.COc1ccc2c(c1)C(CC(=O)N(C)Cc1ccccc1)=C(C)/C2=C/c1cc(OC)c(O)c(OC)c1.COc1ccc2c(c1)C(CC(=O)O)=C(C)/C2=C/c1cc(OC)c(O)c(OC)c1.COc1ccc2c(c1)C(CC(=O)O)=C(C)/C2=C/c1cc(OC)c(OC(=O)c2ccccc2)c(OC)c1.COc1ccc2c(c1)C(CC(=O)O)=C(C)C2. The van der Waals surface area contributed by atoms with E-state index < -0.39 is 29.8 Å². The van der Waals surface area contributed by atoms with Gasteiger partial charge in [-0.1, -0.05) is 109 Å². The summed E-state index contributed by atoms with van der Waals surface area (Å²) < 4.78 is 74.1. The van der Waals surface area contributed by atoms with E-state index in [-0.39, 0.29) is 66.1 Å². The van der Waals surface area contributed by atoms with Crippen LogP contribution in [0.4, 0.5) is 0 Å². The highest BCUT2D eigenvalue weighted by Crippen LogP contribution is 2.51. The van der Waals surface area contributed by atoms with E-state index in [1.54, 1.807) is 94.0 Å². The summed E-state index contributed by atoms with van der Waals surface area (Å²) in [6, 6.07) is 65.3. The van der Waals surface area contributed by atoms with E-state index in [2.05, 4.69) is 17.4 Å². The van der Waals surface area contributed by atoms with Crippen molar-refractivity contribution in [2.45, 2.75) is 79.8 Å². The molecule has 0 saturated carbocycles. The van der Waals surface area contributed by atoms with Gasteiger partial charge in [0.1, 0.15) is 29.3 Å². The number of hydrogen-bond acceptors (Lipinski definition) is 24. The van der Waals surface area contributed by atoms with Gasteiger partial charge in [0.25, 0.3) is 0 Å². The van der Waals surface area contributed by atoms with Crippen molar-refractivity contribution in [1.82, 2.24) is 10.2 Å². The first-order valence-corrected chi connectivity index (χ1v) is 44.4. The molecule has 4 aliphatic rings. The molecule has 4 aliphatic carbocycles. The molecule has 0 fully saturated rings. The number of benzene rings is 11. The van der Waals surface area contributed by atoms with Gasteiger partial charge in [-0.15, -0.1) is 0 Å². The summed E-state index contributed by atoms with van der Waals surface area (Å²) >= 11 is 0. The number of nitrogens with one attached hydrogen (secondary N) is 1. The second-order valence-electron chi connectivity index (χ2n) is 32.3. The van der Waals surface area contributed by atoms with Gasteiger partial charge in [0.05, 0.1) is 117 Å². The van der Waals surface area contributed by atoms with Crippen molar-refractivity contribution in [3.05, 3.63) is 318 Å². The molecule has 141 heavy (non-hydrogen) atoms. The van der Waals surface area contributed by atoms with Crippen molar-refractivity contribution in [2.24, 2.45) is 0 Å². The Morgan fingerprint density at radius 3 is 1.02 bits per heavy atom. The Hall–Kier alpha value is -16.8. The number of carbonyl (C=O) groups is 7. The third kappa shape index (κ3) is 26.8. The van der Waals surface area contributed by atoms with Gasteiger partial charge < -0.3 is 102 Å². The van der Waals surface area contributed by atoms with Gasteiger partial charge in [-0.25, -0.2) is 4.79 Å². The summed E-state index contributed by atoms with van der Waals surface area (Å²) in [6.45, 7) is 10.6. The molecule has 15 rings (SSSR count). The van der Waals surface area contributed by atoms with E-state index in [1.165, 1.54) is 87.1 Å². The number of rotatable bonds is 31. The first-order valence-electron chi connectivity index (χ1n) is 44.4. The van der Waals surface area contributed by atoms with Crippen LogP contribution in [0.2, 0.25) is 0 Å². The first-order chi connectivity index (χ1) is 67.8. The van der Waals surface area contributed by atoms with Crippen LogP contribution in [0, 0.1) is 0 Å². The highest BCUT2D eigenvalue weighted by Gasteiger charge is 2.32. The van der Waals surface area contributed by atoms with Gasteiger partial charge in [-0.3, -0.25) is 28.8 Å². The summed E-state index contributed by atoms with van der Waals surface area (Å²) in [7, 11) is 21.9. The Morgan fingerprint density at radius 2 is 0.681 bits per heavy atom. The van der Waals surface area contributed by atoms with Crippen LogP contribution in [-0.2, 0) is 43.5 Å². The van der Waals surface area contributed by atoms with E-state index >= 15 is 0 Å². The number of carboxylic acids is 3. The lowest BCUT2D eigenvalue weighted by Crippen LogP contribution is -2.26. The van der Waals surface area contributed by atoms with Gasteiger partial charge in [-0.05, 0) is 297 Å². The van der Waals surface area contributed by atoms with Gasteiger partial charge in [0.2, 0.25) is 28.9 Å². The zero-order valence-electron chi connectivity index (χ0n) is 82.2. The smallest absolute Gasteiger partial charge is 0.343 e. The highest BCUT2D eigenvalue weighted by molar-refractivity contribution is 6.11. The predicted octanol–water partition coefficient (Wildman–Crippen LogP) is 21.1. The van der Waals surface area contributed by atoms with E-state index in [4.69, 9.17) is 71.4 Å². The molecule has 11 aromatic carbocycles. The average molecular weight is 1920 g/mol. The molecule has 0 saturated heterocycles. The minimum atomic E-state index is -0.910. The molecule has 0 aliphatic heterocycles. The number of hydrogen-bond donors (Lipinski definition) is 6. The van der Waals surface area contributed by atoms with Crippen molar-refractivity contribution in [2.75, 3.05) is 99.4 Å². The van der Waals surface area contributed by atoms with E-state index in [0.717, 1.165) is 147 Å². The lowest BCUT2D eigenvalue weighted by atomic mass is 10.00. The number of phenols is 2. The molecular weight excluding hydrogens is 1800 g/mol. The van der Waals surface area contributed by atoms with Crippen LogP contribution in [0.25, 0.3) is 57.2 Å². The third-order valence-corrected chi connectivity index (χ3v) is 23.4. The van der Waals surface area contributed by atoms with Crippen LogP contribution in [0.5, 0.6) is 92.0 Å². The second kappa shape index (κ2) is 50.4. The molecule has 11 aromatic rings. The maximum absolute atomic E-state index is 13.3. The third-order valence-electron chi connectivity index (χ3n) is 23.4. The van der Waals surface area contributed by atoms with E-state index in [0.29, 0.717) is 70.0 Å².